The maximum Gasteiger partial charge on any atom is 0.0623 e. The number of rotatable bonds is 8. The minimum absolute atomic E-state index is 0.0983. The molecule has 3 nitrogen and oxygen atoms in total. The van der Waals surface area contributed by atoms with Crippen molar-refractivity contribution in [3.05, 3.63) is 0 Å². The molecule has 2 N–H and O–H groups in total. The molecule has 0 aromatic carbocycles. The molecule has 0 saturated heterocycles. The Morgan fingerprint density at radius 3 is 2.44 bits per heavy atom. The van der Waals surface area contributed by atoms with Crippen LogP contribution in [0.3, 0.4) is 0 Å². The van der Waals surface area contributed by atoms with E-state index in [9.17, 15) is 5.11 Å². The summed E-state index contributed by atoms with van der Waals surface area (Å²) >= 11 is 0. The molecule has 0 aromatic rings. The van der Waals surface area contributed by atoms with E-state index in [4.69, 9.17) is 0 Å². The van der Waals surface area contributed by atoms with Gasteiger partial charge in [0.25, 0.3) is 0 Å². The molecule has 0 aromatic heterocycles. The predicted molar refractivity (Wildman–Crippen MR) is 66.5 cm³/mol. The minimum Gasteiger partial charge on any atom is -0.394 e. The zero-order chi connectivity index (χ0) is 11.6. The lowest BCUT2D eigenvalue weighted by atomic mass is 10.0. The van der Waals surface area contributed by atoms with Crippen molar-refractivity contribution in [2.45, 2.75) is 63.6 Å². The van der Waals surface area contributed by atoms with E-state index in [-0.39, 0.29) is 12.1 Å². The number of aliphatic hydroxyl groups is 1. The molecule has 2 saturated carbocycles. The highest BCUT2D eigenvalue weighted by molar-refractivity contribution is 4.97. The van der Waals surface area contributed by atoms with Gasteiger partial charge in [0.1, 0.15) is 0 Å². The van der Waals surface area contributed by atoms with E-state index in [0.29, 0.717) is 6.04 Å². The van der Waals surface area contributed by atoms with Gasteiger partial charge < -0.3 is 10.4 Å². The lowest BCUT2D eigenvalue weighted by molar-refractivity contribution is 0.114. The number of nitrogens with one attached hydrogen (secondary N) is 1. The standard InChI is InChI=1S/C13H26N2O/c1-3-8-15(12-6-7-12)9-13(2,10-16)14-11-4-5-11/h11-12,14,16H,3-10H2,1-2H3. The first-order valence-corrected chi connectivity index (χ1v) is 6.79. The molecule has 2 aliphatic rings. The summed E-state index contributed by atoms with van der Waals surface area (Å²) < 4.78 is 0. The Kier molecular flexibility index (Phi) is 3.88. The number of aliphatic hydroxyl groups excluding tert-OH is 1. The van der Waals surface area contributed by atoms with Crippen molar-refractivity contribution in [1.29, 1.82) is 0 Å². The first kappa shape index (κ1) is 12.3. The van der Waals surface area contributed by atoms with Gasteiger partial charge in [-0.1, -0.05) is 6.92 Å². The van der Waals surface area contributed by atoms with Crippen LogP contribution >= 0.6 is 0 Å². The van der Waals surface area contributed by atoms with Crippen LogP contribution in [-0.2, 0) is 0 Å². The van der Waals surface area contributed by atoms with Gasteiger partial charge in [0.15, 0.2) is 0 Å². The third-order valence-corrected chi connectivity index (χ3v) is 3.61. The average molecular weight is 226 g/mol. The Morgan fingerprint density at radius 2 is 2.00 bits per heavy atom. The van der Waals surface area contributed by atoms with Crippen molar-refractivity contribution in [1.82, 2.24) is 10.2 Å². The van der Waals surface area contributed by atoms with E-state index >= 15 is 0 Å². The van der Waals surface area contributed by atoms with Gasteiger partial charge in [0.2, 0.25) is 0 Å². The Bertz CT molecular complexity index is 226. The van der Waals surface area contributed by atoms with E-state index < -0.39 is 0 Å². The third-order valence-electron chi connectivity index (χ3n) is 3.61. The summed E-state index contributed by atoms with van der Waals surface area (Å²) in [6, 6.07) is 1.46. The molecular formula is C13H26N2O. The van der Waals surface area contributed by atoms with E-state index in [1.807, 2.05) is 0 Å². The van der Waals surface area contributed by atoms with Crippen molar-refractivity contribution in [2.75, 3.05) is 19.7 Å². The molecule has 1 unspecified atom stereocenters. The second-order valence-electron chi connectivity index (χ2n) is 5.84. The van der Waals surface area contributed by atoms with Gasteiger partial charge in [-0.25, -0.2) is 0 Å². The van der Waals surface area contributed by atoms with Gasteiger partial charge in [-0.2, -0.15) is 0 Å². The summed E-state index contributed by atoms with van der Waals surface area (Å²) in [6.45, 7) is 6.82. The molecule has 0 aliphatic heterocycles. The fourth-order valence-corrected chi connectivity index (χ4v) is 2.43. The Balaban J connectivity index is 1.86. The molecular weight excluding hydrogens is 200 g/mol. The summed E-state index contributed by atoms with van der Waals surface area (Å²) in [5, 5.41) is 13.2. The SMILES string of the molecule is CCCN(CC(C)(CO)NC1CC1)C1CC1. The van der Waals surface area contributed by atoms with Crippen molar-refractivity contribution in [3.8, 4) is 0 Å². The Labute approximate surface area is 99.2 Å². The zero-order valence-corrected chi connectivity index (χ0v) is 10.7. The molecule has 0 radical (unpaired) electrons. The molecule has 3 heteroatoms. The second-order valence-corrected chi connectivity index (χ2v) is 5.84. The smallest absolute Gasteiger partial charge is 0.0623 e. The van der Waals surface area contributed by atoms with Crippen LogP contribution in [0.5, 0.6) is 0 Å². The second kappa shape index (κ2) is 5.03. The summed E-state index contributed by atoms with van der Waals surface area (Å²) in [6.07, 6.45) is 6.48. The lowest BCUT2D eigenvalue weighted by Gasteiger charge is -2.35. The van der Waals surface area contributed by atoms with E-state index in [0.717, 1.165) is 12.6 Å². The Hall–Kier alpha value is -0.120. The average Bonchev–Trinajstić information content (AvgIpc) is 3.11. The van der Waals surface area contributed by atoms with Gasteiger partial charge in [0, 0.05) is 18.6 Å². The van der Waals surface area contributed by atoms with Crippen LogP contribution in [-0.4, -0.2) is 47.3 Å². The lowest BCUT2D eigenvalue weighted by Crippen LogP contribution is -2.55. The van der Waals surface area contributed by atoms with Gasteiger partial charge in [0.05, 0.1) is 12.1 Å². The molecule has 2 aliphatic carbocycles. The van der Waals surface area contributed by atoms with Crippen molar-refractivity contribution in [2.24, 2.45) is 0 Å². The summed E-state index contributed by atoms with van der Waals surface area (Å²) in [4.78, 5) is 2.56. The van der Waals surface area contributed by atoms with Crippen molar-refractivity contribution in [3.63, 3.8) is 0 Å². The van der Waals surface area contributed by atoms with E-state index in [2.05, 4.69) is 24.1 Å². The number of nitrogens with zero attached hydrogens (tertiary/aromatic N) is 1. The fourth-order valence-electron chi connectivity index (χ4n) is 2.43. The van der Waals surface area contributed by atoms with Crippen molar-refractivity contribution < 1.29 is 5.11 Å². The predicted octanol–water partition coefficient (Wildman–Crippen LogP) is 1.36. The van der Waals surface area contributed by atoms with Crippen LogP contribution < -0.4 is 5.32 Å². The molecule has 16 heavy (non-hydrogen) atoms. The van der Waals surface area contributed by atoms with Crippen LogP contribution in [0.4, 0.5) is 0 Å². The topological polar surface area (TPSA) is 35.5 Å². The van der Waals surface area contributed by atoms with Crippen LogP contribution in [0.2, 0.25) is 0 Å². The van der Waals surface area contributed by atoms with E-state index in [1.54, 1.807) is 0 Å². The Morgan fingerprint density at radius 1 is 1.31 bits per heavy atom. The highest BCUT2D eigenvalue weighted by Crippen LogP contribution is 2.29. The third kappa shape index (κ3) is 3.44. The number of hydrogen-bond donors (Lipinski definition) is 2. The molecule has 0 spiro atoms. The monoisotopic (exact) mass is 226 g/mol. The molecule has 94 valence electrons. The molecule has 0 amide bonds. The van der Waals surface area contributed by atoms with Gasteiger partial charge in [-0.3, -0.25) is 4.90 Å². The maximum absolute atomic E-state index is 9.59. The summed E-state index contributed by atoms with van der Waals surface area (Å²) in [5.74, 6) is 0. The first-order chi connectivity index (χ1) is 7.67. The molecule has 1 atom stereocenters. The molecule has 2 fully saturated rings. The maximum atomic E-state index is 9.59. The van der Waals surface area contributed by atoms with Gasteiger partial charge in [-0.15, -0.1) is 0 Å². The van der Waals surface area contributed by atoms with Crippen LogP contribution in [0.15, 0.2) is 0 Å². The van der Waals surface area contributed by atoms with Crippen LogP contribution in [0, 0.1) is 0 Å². The minimum atomic E-state index is -0.0983. The zero-order valence-electron chi connectivity index (χ0n) is 10.7. The fraction of sp³-hybridized carbons (Fsp3) is 1.00. The largest absolute Gasteiger partial charge is 0.394 e. The van der Waals surface area contributed by atoms with Crippen LogP contribution in [0.25, 0.3) is 0 Å². The number of hydrogen-bond acceptors (Lipinski definition) is 3. The van der Waals surface area contributed by atoms with E-state index in [1.165, 1.54) is 38.6 Å². The highest BCUT2D eigenvalue weighted by Gasteiger charge is 2.37. The van der Waals surface area contributed by atoms with Crippen molar-refractivity contribution >= 4 is 0 Å². The van der Waals surface area contributed by atoms with Gasteiger partial charge >= 0.3 is 0 Å². The normalized spacial score (nSPS) is 24.8. The quantitative estimate of drug-likeness (QED) is 0.656. The first-order valence-electron chi connectivity index (χ1n) is 6.79. The molecule has 0 heterocycles. The van der Waals surface area contributed by atoms with Gasteiger partial charge in [-0.05, 0) is 45.6 Å². The molecule has 0 bridgehead atoms. The summed E-state index contributed by atoms with van der Waals surface area (Å²) in [5.41, 5.74) is -0.0983. The summed E-state index contributed by atoms with van der Waals surface area (Å²) in [7, 11) is 0. The van der Waals surface area contributed by atoms with Crippen LogP contribution in [0.1, 0.15) is 46.0 Å². The molecule has 2 rings (SSSR count). The highest BCUT2D eigenvalue weighted by atomic mass is 16.3.